The Hall–Kier alpha value is -5.40. The van der Waals surface area contributed by atoms with E-state index in [0.717, 1.165) is 11.8 Å². The van der Waals surface area contributed by atoms with E-state index in [1.807, 2.05) is 0 Å². The van der Waals surface area contributed by atoms with Crippen LogP contribution in [0.3, 0.4) is 0 Å². The van der Waals surface area contributed by atoms with Gasteiger partial charge in [0, 0.05) is 22.5 Å². The molecule has 2 bridgehead atoms. The zero-order valence-electron chi connectivity index (χ0n) is 27.0. The number of fused-ring (bicyclic) bond motifs is 9. The molecular weight excluding hydrogens is 579 g/mol. The fraction of sp³-hybridized carbons (Fsp3) is 0.149. The van der Waals surface area contributed by atoms with Crippen molar-refractivity contribution < 1.29 is 0 Å². The molecule has 0 aromatic heterocycles. The minimum atomic E-state index is 0.146. The first kappa shape index (κ1) is 27.7. The zero-order chi connectivity index (χ0) is 31.7. The van der Waals surface area contributed by atoms with Gasteiger partial charge in [0.25, 0.3) is 0 Å². The SMILES string of the molecule is c1ccc(-c2ccc(N(c3ccc(-c4ccc5ccccc5c4)cc3)c3ccc4c(c3)C3(CC5CCC3C5)c3ccccc3-4)cc2)cc1. The number of hydrogen-bond acceptors (Lipinski definition) is 1. The molecule has 10 rings (SSSR count). The molecule has 7 aromatic carbocycles. The highest BCUT2D eigenvalue weighted by molar-refractivity contribution is 5.89. The lowest BCUT2D eigenvalue weighted by Crippen LogP contribution is -2.32. The Morgan fingerprint density at radius 3 is 1.77 bits per heavy atom. The summed E-state index contributed by atoms with van der Waals surface area (Å²) in [6, 6.07) is 60.9. The summed E-state index contributed by atoms with van der Waals surface area (Å²) in [5.74, 6) is 1.59. The van der Waals surface area contributed by atoms with Gasteiger partial charge in [0.15, 0.2) is 0 Å². The summed E-state index contributed by atoms with van der Waals surface area (Å²) in [4.78, 5) is 2.46. The van der Waals surface area contributed by atoms with Crippen LogP contribution in [0.15, 0.2) is 164 Å². The molecule has 48 heavy (non-hydrogen) atoms. The summed E-state index contributed by atoms with van der Waals surface area (Å²) < 4.78 is 0. The van der Waals surface area contributed by atoms with E-state index in [4.69, 9.17) is 0 Å². The maximum Gasteiger partial charge on any atom is 0.0465 e. The van der Waals surface area contributed by atoms with E-state index in [9.17, 15) is 0 Å². The molecule has 0 aliphatic heterocycles. The van der Waals surface area contributed by atoms with Gasteiger partial charge in [-0.15, -0.1) is 0 Å². The van der Waals surface area contributed by atoms with Crippen LogP contribution in [0.1, 0.15) is 36.8 Å². The fourth-order valence-electron chi connectivity index (χ4n) is 9.57. The molecule has 0 radical (unpaired) electrons. The van der Waals surface area contributed by atoms with Crippen LogP contribution in [-0.4, -0.2) is 0 Å². The highest BCUT2D eigenvalue weighted by Crippen LogP contribution is 2.66. The standard InChI is InChI=1S/C47H37N/c1-2-8-33(9-3-1)35-17-22-40(23-18-35)48(41-24-19-36(20-25-41)38-16-15-34-10-4-5-11-37(34)29-38)42-26-27-44-43-12-6-7-13-45(43)47(46(44)30-42)31-32-14-21-39(47)28-32/h1-13,15-20,22-27,29-30,32,39H,14,21,28,31H2. The fourth-order valence-corrected chi connectivity index (χ4v) is 9.57. The van der Waals surface area contributed by atoms with Gasteiger partial charge < -0.3 is 4.90 Å². The van der Waals surface area contributed by atoms with Gasteiger partial charge in [-0.2, -0.15) is 0 Å². The Morgan fingerprint density at radius 1 is 0.438 bits per heavy atom. The molecule has 3 unspecified atom stereocenters. The van der Waals surface area contributed by atoms with Crippen molar-refractivity contribution in [3.63, 3.8) is 0 Å². The third-order valence-electron chi connectivity index (χ3n) is 11.7. The van der Waals surface area contributed by atoms with Crippen molar-refractivity contribution in [3.05, 3.63) is 175 Å². The van der Waals surface area contributed by atoms with Crippen LogP contribution in [0, 0.1) is 11.8 Å². The first-order chi connectivity index (χ1) is 23.7. The maximum absolute atomic E-state index is 2.55. The quantitative estimate of drug-likeness (QED) is 0.186. The van der Waals surface area contributed by atoms with Crippen LogP contribution in [0.5, 0.6) is 0 Å². The predicted molar refractivity (Wildman–Crippen MR) is 201 cm³/mol. The van der Waals surface area contributed by atoms with Crippen molar-refractivity contribution in [3.8, 4) is 33.4 Å². The average molecular weight is 616 g/mol. The number of nitrogens with zero attached hydrogens (tertiary/aromatic N) is 1. The smallest absolute Gasteiger partial charge is 0.0465 e. The predicted octanol–water partition coefficient (Wildman–Crippen LogP) is 12.7. The molecule has 0 heterocycles. The van der Waals surface area contributed by atoms with E-state index >= 15 is 0 Å². The van der Waals surface area contributed by atoms with Crippen molar-refractivity contribution in [1.29, 1.82) is 0 Å². The van der Waals surface area contributed by atoms with Gasteiger partial charge in [0.1, 0.15) is 0 Å². The van der Waals surface area contributed by atoms with Gasteiger partial charge in [0.2, 0.25) is 0 Å². The Balaban J connectivity index is 1.10. The Morgan fingerprint density at radius 2 is 1.04 bits per heavy atom. The molecule has 3 atom stereocenters. The third kappa shape index (κ3) is 4.24. The van der Waals surface area contributed by atoms with Crippen LogP contribution in [0.4, 0.5) is 17.1 Å². The van der Waals surface area contributed by atoms with Gasteiger partial charge >= 0.3 is 0 Å². The van der Waals surface area contributed by atoms with E-state index in [2.05, 4.69) is 169 Å². The minimum absolute atomic E-state index is 0.146. The van der Waals surface area contributed by atoms with Crippen LogP contribution in [0.2, 0.25) is 0 Å². The second-order valence-corrected chi connectivity index (χ2v) is 14.2. The van der Waals surface area contributed by atoms with Crippen molar-refractivity contribution in [2.45, 2.75) is 31.1 Å². The lowest BCUT2D eigenvalue weighted by molar-refractivity contribution is 0.327. The molecule has 230 valence electrons. The van der Waals surface area contributed by atoms with E-state index in [1.165, 1.54) is 86.9 Å². The number of hydrogen-bond donors (Lipinski definition) is 0. The topological polar surface area (TPSA) is 3.24 Å². The van der Waals surface area contributed by atoms with Crippen LogP contribution >= 0.6 is 0 Å². The van der Waals surface area contributed by atoms with E-state index < -0.39 is 0 Å². The summed E-state index contributed by atoms with van der Waals surface area (Å²) in [6.07, 6.45) is 5.41. The second kappa shape index (κ2) is 10.8. The molecule has 1 spiro atoms. The molecule has 2 fully saturated rings. The molecule has 0 amide bonds. The van der Waals surface area contributed by atoms with Gasteiger partial charge in [0.05, 0.1) is 0 Å². The van der Waals surface area contributed by atoms with Gasteiger partial charge in [-0.25, -0.2) is 0 Å². The van der Waals surface area contributed by atoms with Gasteiger partial charge in [-0.3, -0.25) is 0 Å². The molecule has 1 nitrogen and oxygen atoms in total. The molecule has 3 aliphatic rings. The van der Waals surface area contributed by atoms with E-state index in [-0.39, 0.29) is 5.41 Å². The number of benzene rings is 7. The molecule has 3 aliphatic carbocycles. The van der Waals surface area contributed by atoms with Crippen LogP contribution in [0.25, 0.3) is 44.2 Å². The van der Waals surface area contributed by atoms with Crippen molar-refractivity contribution in [2.75, 3.05) is 4.90 Å². The number of rotatable bonds is 5. The Bertz CT molecular complexity index is 2300. The summed E-state index contributed by atoms with van der Waals surface area (Å²) in [6.45, 7) is 0. The molecule has 0 saturated heterocycles. The largest absolute Gasteiger partial charge is 0.310 e. The Kier molecular flexibility index (Phi) is 6.24. The summed E-state index contributed by atoms with van der Waals surface area (Å²) in [7, 11) is 0. The highest BCUT2D eigenvalue weighted by Gasteiger charge is 2.56. The lowest BCUT2D eigenvalue weighted by atomic mass is 9.67. The lowest BCUT2D eigenvalue weighted by Gasteiger charge is -2.37. The zero-order valence-corrected chi connectivity index (χ0v) is 27.0. The summed E-state index contributed by atoms with van der Waals surface area (Å²) in [5.41, 5.74) is 14.7. The van der Waals surface area contributed by atoms with Crippen molar-refractivity contribution in [1.82, 2.24) is 0 Å². The maximum atomic E-state index is 2.55. The van der Waals surface area contributed by atoms with E-state index in [1.54, 1.807) is 11.1 Å². The highest BCUT2D eigenvalue weighted by atomic mass is 15.1. The first-order valence-corrected chi connectivity index (χ1v) is 17.5. The second-order valence-electron chi connectivity index (χ2n) is 14.2. The normalized spacial score (nSPS) is 20.2. The molecular formula is C47H37N. The molecule has 2 saturated carbocycles. The molecule has 1 heteroatoms. The average Bonchev–Trinajstić information content (AvgIpc) is 3.85. The summed E-state index contributed by atoms with van der Waals surface area (Å²) >= 11 is 0. The van der Waals surface area contributed by atoms with Gasteiger partial charge in [-0.05, 0) is 129 Å². The first-order valence-electron chi connectivity index (χ1n) is 17.5. The van der Waals surface area contributed by atoms with Crippen molar-refractivity contribution in [2.24, 2.45) is 11.8 Å². The monoisotopic (exact) mass is 615 g/mol. The van der Waals surface area contributed by atoms with Crippen LogP contribution < -0.4 is 4.90 Å². The van der Waals surface area contributed by atoms with Gasteiger partial charge in [-0.1, -0.05) is 128 Å². The van der Waals surface area contributed by atoms with Crippen molar-refractivity contribution >= 4 is 27.8 Å². The molecule has 7 aromatic rings. The number of anilines is 3. The van der Waals surface area contributed by atoms with Crippen LogP contribution in [-0.2, 0) is 5.41 Å². The minimum Gasteiger partial charge on any atom is -0.310 e. The Labute approximate surface area is 283 Å². The summed E-state index contributed by atoms with van der Waals surface area (Å²) in [5, 5.41) is 2.54. The third-order valence-corrected chi connectivity index (χ3v) is 11.7. The molecule has 0 N–H and O–H groups in total. The van der Waals surface area contributed by atoms with E-state index in [0.29, 0.717) is 0 Å².